The number of nitrogens with zero attached hydrogens (tertiary/aromatic N) is 6. The summed E-state index contributed by atoms with van der Waals surface area (Å²) in [5.41, 5.74) is 1.90. The van der Waals surface area contributed by atoms with Gasteiger partial charge in [-0.05, 0) is 61.6 Å². The molecule has 1 spiro atoms. The van der Waals surface area contributed by atoms with E-state index in [1.165, 1.54) is 22.8 Å². The average Bonchev–Trinajstić information content (AvgIpc) is 2.97. The van der Waals surface area contributed by atoms with Gasteiger partial charge < -0.3 is 15.1 Å². The van der Waals surface area contributed by atoms with Gasteiger partial charge in [-0.15, -0.1) is 0 Å². The lowest BCUT2D eigenvalue weighted by Crippen LogP contribution is -2.77. The predicted molar refractivity (Wildman–Crippen MR) is 165 cm³/mol. The van der Waals surface area contributed by atoms with Gasteiger partial charge in [0.05, 0.1) is 22.3 Å². The molecule has 0 radical (unpaired) electrons. The molecule has 2 saturated heterocycles. The topological polar surface area (TPSA) is 96.3 Å². The molecule has 3 aliphatic heterocycles. The Morgan fingerprint density at radius 2 is 1.95 bits per heavy atom. The van der Waals surface area contributed by atoms with Gasteiger partial charge in [0.25, 0.3) is 0 Å². The molecule has 44 heavy (non-hydrogen) atoms. The molecule has 9 nitrogen and oxygen atoms in total. The molecule has 3 aromatic heterocycles. The Balaban J connectivity index is 1.48. The van der Waals surface area contributed by atoms with E-state index in [0.717, 1.165) is 5.56 Å². The zero-order valence-corrected chi connectivity index (χ0v) is 24.9. The van der Waals surface area contributed by atoms with Gasteiger partial charge >= 0.3 is 5.69 Å². The maximum Gasteiger partial charge on any atom is 0.355 e. The molecular formula is C33H33F2N7O2. The number of carbonyl (C=O) groups excluding carboxylic acids is 1. The number of carbonyl (C=O) groups is 1. The number of likely N-dealkylation sites (tertiary alicyclic amines) is 1. The summed E-state index contributed by atoms with van der Waals surface area (Å²) in [6.45, 7) is 11.8. The fourth-order valence-corrected chi connectivity index (χ4v) is 6.96. The van der Waals surface area contributed by atoms with E-state index in [0.29, 0.717) is 67.3 Å². The minimum absolute atomic E-state index is 0.0121. The zero-order chi connectivity index (χ0) is 30.9. The number of pyridine rings is 2. The van der Waals surface area contributed by atoms with Crippen molar-refractivity contribution in [2.24, 2.45) is 5.41 Å². The number of halogens is 2. The number of aromatic nitrogens is 4. The molecular weight excluding hydrogens is 564 g/mol. The molecule has 7 rings (SSSR count). The fraction of sp³-hybridized carbons (Fsp3) is 0.364. The van der Waals surface area contributed by atoms with Crippen molar-refractivity contribution in [3.63, 3.8) is 0 Å². The predicted octanol–water partition coefficient (Wildman–Crippen LogP) is 4.83. The van der Waals surface area contributed by atoms with E-state index in [1.54, 1.807) is 23.2 Å². The Bertz CT molecular complexity index is 1910. The van der Waals surface area contributed by atoms with Crippen LogP contribution < -0.4 is 15.9 Å². The highest BCUT2D eigenvalue weighted by molar-refractivity contribution is 5.92. The maximum absolute atomic E-state index is 16.2. The second-order valence-corrected chi connectivity index (χ2v) is 12.4. The van der Waals surface area contributed by atoms with Gasteiger partial charge in [0.1, 0.15) is 17.3 Å². The summed E-state index contributed by atoms with van der Waals surface area (Å²) in [4.78, 5) is 43.9. The number of fused-ring (bicyclic) bond motifs is 5. The molecule has 0 unspecified atom stereocenters. The van der Waals surface area contributed by atoms with Crippen molar-refractivity contribution < 1.29 is 13.6 Å². The third-order valence-corrected chi connectivity index (χ3v) is 9.41. The molecule has 3 aliphatic rings. The van der Waals surface area contributed by atoms with Crippen LogP contribution >= 0.6 is 0 Å². The van der Waals surface area contributed by atoms with Crippen LogP contribution in [0.2, 0.25) is 0 Å². The number of hydrogen-bond donors (Lipinski definition) is 1. The van der Waals surface area contributed by atoms with E-state index in [-0.39, 0.29) is 40.2 Å². The molecule has 1 amide bonds. The standard InChI is InChI=1S/C33H33F2N7O2/c1-5-25(43)40-15-33(16-40)17-41(19(33)4)30-21-14-23(35)28-26-22(34)9-6-10-24(26)36-12-7-8-20-11-13-37-27(18(2)3)29(20)42(31(21)38-28)32(44)39-30/h5-6,9-11,13-14,18-19,36H,1,7-8,12,15-17H2,2-4H3/t19-/m0/s1. The summed E-state index contributed by atoms with van der Waals surface area (Å²) in [7, 11) is 0. The number of amides is 1. The summed E-state index contributed by atoms with van der Waals surface area (Å²) < 4.78 is 33.0. The van der Waals surface area contributed by atoms with Crippen LogP contribution in [0, 0.1) is 17.0 Å². The van der Waals surface area contributed by atoms with Crippen LogP contribution in [0.3, 0.4) is 0 Å². The minimum atomic E-state index is -0.722. The molecule has 11 heteroatoms. The highest BCUT2D eigenvalue weighted by atomic mass is 19.1. The monoisotopic (exact) mass is 597 g/mol. The van der Waals surface area contributed by atoms with Crippen molar-refractivity contribution in [2.45, 2.75) is 45.6 Å². The first-order chi connectivity index (χ1) is 21.1. The lowest BCUT2D eigenvalue weighted by molar-refractivity contribution is -0.142. The van der Waals surface area contributed by atoms with Gasteiger partial charge in [-0.3, -0.25) is 9.78 Å². The second-order valence-electron chi connectivity index (χ2n) is 12.4. The number of anilines is 2. The van der Waals surface area contributed by atoms with E-state index in [9.17, 15) is 9.59 Å². The van der Waals surface area contributed by atoms with Crippen molar-refractivity contribution in [1.82, 2.24) is 24.4 Å². The first kappa shape index (κ1) is 28.1. The molecule has 4 aromatic rings. The number of rotatable bonds is 3. The molecule has 0 aliphatic carbocycles. The Kier molecular flexibility index (Phi) is 6.53. The number of benzene rings is 1. The lowest BCUT2D eigenvalue weighted by atomic mass is 9.66. The Hall–Kier alpha value is -4.67. The quantitative estimate of drug-likeness (QED) is 0.338. The summed E-state index contributed by atoms with van der Waals surface area (Å²) >= 11 is 0. The van der Waals surface area contributed by atoms with Gasteiger partial charge in [0, 0.05) is 49.5 Å². The van der Waals surface area contributed by atoms with Crippen LogP contribution in [0.4, 0.5) is 20.3 Å². The lowest BCUT2D eigenvalue weighted by Gasteiger charge is -2.65. The van der Waals surface area contributed by atoms with E-state index >= 15 is 8.78 Å². The van der Waals surface area contributed by atoms with Crippen molar-refractivity contribution >= 4 is 28.4 Å². The number of nitrogens with one attached hydrogen (secondary N) is 1. The Morgan fingerprint density at radius 1 is 1.16 bits per heavy atom. The molecule has 6 heterocycles. The smallest absolute Gasteiger partial charge is 0.355 e. The fourth-order valence-electron chi connectivity index (χ4n) is 6.96. The van der Waals surface area contributed by atoms with Gasteiger partial charge in [0.15, 0.2) is 11.5 Å². The highest BCUT2D eigenvalue weighted by Crippen LogP contribution is 2.48. The number of hydrogen-bond acceptors (Lipinski definition) is 7. The summed E-state index contributed by atoms with van der Waals surface area (Å²) in [5.74, 6) is -1.17. The van der Waals surface area contributed by atoms with Crippen LogP contribution in [0.1, 0.15) is 44.4 Å². The van der Waals surface area contributed by atoms with E-state index in [4.69, 9.17) is 4.98 Å². The van der Waals surface area contributed by atoms with Crippen LogP contribution in [0.5, 0.6) is 0 Å². The summed E-state index contributed by atoms with van der Waals surface area (Å²) in [6, 6.07) is 7.69. The molecule has 2 fully saturated rings. The van der Waals surface area contributed by atoms with Crippen LogP contribution in [0.15, 0.2) is 54.0 Å². The van der Waals surface area contributed by atoms with Crippen LogP contribution in [-0.4, -0.2) is 62.5 Å². The van der Waals surface area contributed by atoms with E-state index in [1.807, 2.05) is 31.7 Å². The van der Waals surface area contributed by atoms with Gasteiger partial charge in [-0.2, -0.15) is 4.98 Å². The molecule has 1 N–H and O–H groups in total. The molecule has 1 atom stereocenters. The van der Waals surface area contributed by atoms with Gasteiger partial charge in [0.2, 0.25) is 5.91 Å². The normalized spacial score (nSPS) is 18.5. The second kappa shape index (κ2) is 10.2. The molecule has 0 saturated carbocycles. The van der Waals surface area contributed by atoms with Gasteiger partial charge in [-0.1, -0.05) is 26.5 Å². The van der Waals surface area contributed by atoms with Crippen molar-refractivity contribution in [3.05, 3.63) is 82.6 Å². The maximum atomic E-state index is 16.2. The van der Waals surface area contributed by atoms with Crippen LogP contribution in [-0.2, 0) is 11.2 Å². The van der Waals surface area contributed by atoms with Gasteiger partial charge in [-0.25, -0.2) is 23.1 Å². The third kappa shape index (κ3) is 4.12. The van der Waals surface area contributed by atoms with E-state index in [2.05, 4.69) is 21.9 Å². The third-order valence-electron chi connectivity index (χ3n) is 9.41. The Labute approximate surface area is 253 Å². The first-order valence-electron chi connectivity index (χ1n) is 15.0. The van der Waals surface area contributed by atoms with Crippen LogP contribution in [0.25, 0.3) is 28.0 Å². The average molecular weight is 598 g/mol. The summed E-state index contributed by atoms with van der Waals surface area (Å²) in [6.07, 6.45) is 4.34. The highest BCUT2D eigenvalue weighted by Gasteiger charge is 2.58. The minimum Gasteiger partial charge on any atom is -0.384 e. The molecule has 2 bridgehead atoms. The number of aryl methyl sites for hydroxylation is 1. The van der Waals surface area contributed by atoms with Crippen molar-refractivity contribution in [3.8, 4) is 16.9 Å². The van der Waals surface area contributed by atoms with E-state index < -0.39 is 17.3 Å². The van der Waals surface area contributed by atoms with Crippen molar-refractivity contribution in [2.75, 3.05) is 36.4 Å². The molecule has 1 aromatic carbocycles. The largest absolute Gasteiger partial charge is 0.384 e. The first-order valence-corrected chi connectivity index (χ1v) is 15.0. The SMILES string of the molecule is C=CC(=O)N1CC2(C1)CN(c1nc(=O)n3c4nc(c(F)cc14)-c1c(F)cccc1NCCCc1ccnc(C(C)C)c1-3)[C@H]2C. The molecule has 226 valence electrons. The summed E-state index contributed by atoms with van der Waals surface area (Å²) in [5, 5.41) is 3.61. The zero-order valence-electron chi connectivity index (χ0n) is 24.9. The Morgan fingerprint density at radius 3 is 2.68 bits per heavy atom. The van der Waals surface area contributed by atoms with Crippen molar-refractivity contribution in [1.29, 1.82) is 0 Å².